The number of phenolic OH excluding ortho intramolecular Hbond substituents is 1. The molecular weight excluding hydrogens is 373 g/mol. The van der Waals surface area contributed by atoms with Crippen molar-refractivity contribution in [1.82, 2.24) is 0 Å². The first-order chi connectivity index (χ1) is 14.1. The molecule has 0 spiro atoms. The van der Waals surface area contributed by atoms with Gasteiger partial charge >= 0.3 is 0 Å². The van der Waals surface area contributed by atoms with Crippen molar-refractivity contribution in [3.8, 4) is 11.5 Å². The summed E-state index contributed by atoms with van der Waals surface area (Å²) in [6.07, 6.45) is 2.41. The van der Waals surface area contributed by atoms with Crippen LogP contribution >= 0.6 is 0 Å². The molecule has 2 aromatic carbocycles. The average Bonchev–Trinajstić information content (AvgIpc) is 2.74. The smallest absolute Gasteiger partial charge is 0.159 e. The highest BCUT2D eigenvalue weighted by molar-refractivity contribution is 5.53. The first kappa shape index (κ1) is 20.0. The number of halogens is 1. The molecular formula is C23H28FNO4. The van der Waals surface area contributed by atoms with E-state index in [1.807, 2.05) is 18.2 Å². The molecule has 2 aromatic rings. The van der Waals surface area contributed by atoms with E-state index in [9.17, 15) is 5.11 Å². The predicted octanol–water partition coefficient (Wildman–Crippen LogP) is 4.28. The van der Waals surface area contributed by atoms with Gasteiger partial charge in [-0.05, 0) is 43.0 Å². The minimum Gasteiger partial charge on any atom is -0.508 e. The topological polar surface area (TPSA) is 51.2 Å². The molecule has 1 atom stereocenters. The van der Waals surface area contributed by atoms with Gasteiger partial charge in [-0.3, -0.25) is 0 Å². The van der Waals surface area contributed by atoms with Gasteiger partial charge in [0, 0.05) is 50.8 Å². The predicted molar refractivity (Wildman–Crippen MR) is 109 cm³/mol. The monoisotopic (exact) mass is 401 g/mol. The lowest BCUT2D eigenvalue weighted by molar-refractivity contribution is -0.141. The third kappa shape index (κ3) is 4.05. The van der Waals surface area contributed by atoms with E-state index >= 15 is 4.39 Å². The number of aromatic hydroxyl groups is 1. The molecule has 0 aliphatic carbocycles. The summed E-state index contributed by atoms with van der Waals surface area (Å²) in [5.74, 6) is 1.07. The summed E-state index contributed by atoms with van der Waals surface area (Å²) in [6, 6.07) is 10.7. The van der Waals surface area contributed by atoms with Gasteiger partial charge < -0.3 is 24.2 Å². The second kappa shape index (κ2) is 8.59. The number of hydrogen-bond donors (Lipinski definition) is 1. The number of nitrogens with zero attached hydrogens (tertiary/aromatic N) is 1. The Labute approximate surface area is 171 Å². The van der Waals surface area contributed by atoms with Gasteiger partial charge in [-0.1, -0.05) is 12.1 Å². The van der Waals surface area contributed by atoms with Gasteiger partial charge in [-0.15, -0.1) is 0 Å². The average molecular weight is 401 g/mol. The minimum absolute atomic E-state index is 0.0674. The van der Waals surface area contributed by atoms with E-state index < -0.39 is 0 Å². The van der Waals surface area contributed by atoms with Crippen LogP contribution in [0.4, 0.5) is 10.1 Å². The first-order valence-electron chi connectivity index (χ1n) is 10.2. The Hall–Kier alpha value is -2.31. The van der Waals surface area contributed by atoms with E-state index in [0.29, 0.717) is 24.0 Å². The number of benzene rings is 2. The maximum atomic E-state index is 15.1. The third-order valence-electron chi connectivity index (χ3n) is 6.14. The highest BCUT2D eigenvalue weighted by Gasteiger charge is 2.29. The van der Waals surface area contributed by atoms with Gasteiger partial charge in [-0.25, -0.2) is 4.39 Å². The van der Waals surface area contributed by atoms with E-state index in [4.69, 9.17) is 14.2 Å². The number of phenols is 1. The number of ether oxygens (including phenoxy) is 3. The van der Waals surface area contributed by atoms with Crippen LogP contribution in [-0.2, 0) is 9.47 Å². The normalized spacial score (nSPS) is 19.9. The van der Waals surface area contributed by atoms with E-state index in [1.54, 1.807) is 32.4 Å². The van der Waals surface area contributed by atoms with Crippen LogP contribution in [0.15, 0.2) is 36.4 Å². The van der Waals surface area contributed by atoms with Crippen LogP contribution in [0.3, 0.4) is 0 Å². The summed E-state index contributed by atoms with van der Waals surface area (Å²) in [7, 11) is 3.32. The van der Waals surface area contributed by atoms with E-state index in [-0.39, 0.29) is 23.8 Å². The van der Waals surface area contributed by atoms with E-state index in [0.717, 1.165) is 43.5 Å². The number of anilines is 1. The van der Waals surface area contributed by atoms with Gasteiger partial charge in [-0.2, -0.15) is 0 Å². The summed E-state index contributed by atoms with van der Waals surface area (Å²) >= 11 is 0. The molecule has 6 heteroatoms. The number of hydrogen-bond acceptors (Lipinski definition) is 5. The van der Waals surface area contributed by atoms with E-state index in [2.05, 4.69) is 4.90 Å². The van der Waals surface area contributed by atoms with Crippen molar-refractivity contribution in [1.29, 1.82) is 0 Å². The SMILES string of the molecule is COC(OC)C1CCN(c2ccc(C3CCOc4cc(O)ccc43)cc2F)CC1. The van der Waals surface area contributed by atoms with Crippen LogP contribution in [0, 0.1) is 11.7 Å². The summed E-state index contributed by atoms with van der Waals surface area (Å²) in [6.45, 7) is 2.12. The van der Waals surface area contributed by atoms with Crippen molar-refractivity contribution in [3.63, 3.8) is 0 Å². The zero-order chi connectivity index (χ0) is 20.4. The van der Waals surface area contributed by atoms with Crippen LogP contribution in [0.5, 0.6) is 11.5 Å². The zero-order valence-electron chi connectivity index (χ0n) is 16.9. The number of methoxy groups -OCH3 is 2. The maximum absolute atomic E-state index is 15.1. The molecule has 0 saturated carbocycles. The number of fused-ring (bicyclic) bond motifs is 1. The highest BCUT2D eigenvalue weighted by atomic mass is 19.1. The lowest BCUT2D eigenvalue weighted by Crippen LogP contribution is -2.39. The van der Waals surface area contributed by atoms with Crippen LogP contribution in [0.1, 0.15) is 36.3 Å². The van der Waals surface area contributed by atoms with Gasteiger partial charge in [0.25, 0.3) is 0 Å². The van der Waals surface area contributed by atoms with Gasteiger partial charge in [0.05, 0.1) is 12.3 Å². The molecule has 2 aliphatic rings. The fourth-order valence-corrected chi connectivity index (χ4v) is 4.61. The second-order valence-corrected chi connectivity index (χ2v) is 7.79. The van der Waals surface area contributed by atoms with Crippen molar-refractivity contribution < 1.29 is 23.7 Å². The molecule has 2 heterocycles. The molecule has 0 amide bonds. The molecule has 4 rings (SSSR count). The van der Waals surface area contributed by atoms with Crippen LogP contribution < -0.4 is 9.64 Å². The standard InChI is InChI=1S/C23H28FNO4/c1-27-23(28-2)15-7-10-25(11-8-15)21-6-3-16(13-20(21)24)18-9-12-29-22-14-17(26)4-5-19(18)22/h3-6,13-15,18,23,26H,7-12H2,1-2H3. The Kier molecular flexibility index (Phi) is 5.92. The van der Waals surface area contributed by atoms with Gasteiger partial charge in [0.1, 0.15) is 17.3 Å². The Balaban J connectivity index is 1.50. The summed E-state index contributed by atoms with van der Waals surface area (Å²) < 4.78 is 31.5. The van der Waals surface area contributed by atoms with Crippen molar-refractivity contribution in [2.75, 3.05) is 38.8 Å². The Morgan fingerprint density at radius 2 is 1.83 bits per heavy atom. The molecule has 156 valence electrons. The molecule has 29 heavy (non-hydrogen) atoms. The second-order valence-electron chi connectivity index (χ2n) is 7.79. The molecule has 1 N–H and O–H groups in total. The quantitative estimate of drug-likeness (QED) is 0.758. The number of rotatable bonds is 5. The Bertz CT molecular complexity index is 847. The van der Waals surface area contributed by atoms with Crippen molar-refractivity contribution >= 4 is 5.69 Å². The lowest BCUT2D eigenvalue weighted by atomic mass is 9.86. The fraction of sp³-hybridized carbons (Fsp3) is 0.478. The maximum Gasteiger partial charge on any atom is 0.159 e. The molecule has 0 aromatic heterocycles. The summed E-state index contributed by atoms with van der Waals surface area (Å²) in [5.41, 5.74) is 2.58. The first-order valence-corrected chi connectivity index (χ1v) is 10.2. The molecule has 5 nitrogen and oxygen atoms in total. The van der Waals surface area contributed by atoms with Crippen molar-refractivity contribution in [2.24, 2.45) is 5.92 Å². The minimum atomic E-state index is -0.197. The number of piperidine rings is 1. The van der Waals surface area contributed by atoms with E-state index in [1.165, 1.54) is 0 Å². The molecule has 2 aliphatic heterocycles. The van der Waals surface area contributed by atoms with Crippen molar-refractivity contribution in [3.05, 3.63) is 53.3 Å². The van der Waals surface area contributed by atoms with Crippen LogP contribution in [0.25, 0.3) is 0 Å². The Morgan fingerprint density at radius 1 is 1.07 bits per heavy atom. The van der Waals surface area contributed by atoms with Crippen molar-refractivity contribution in [2.45, 2.75) is 31.5 Å². The zero-order valence-corrected chi connectivity index (χ0v) is 16.9. The molecule has 0 bridgehead atoms. The fourth-order valence-electron chi connectivity index (χ4n) is 4.61. The van der Waals surface area contributed by atoms with Crippen LogP contribution in [0.2, 0.25) is 0 Å². The third-order valence-corrected chi connectivity index (χ3v) is 6.14. The highest BCUT2D eigenvalue weighted by Crippen LogP contribution is 2.40. The van der Waals surface area contributed by atoms with Gasteiger partial charge in [0.15, 0.2) is 6.29 Å². The Morgan fingerprint density at radius 3 is 2.52 bits per heavy atom. The molecule has 1 saturated heterocycles. The van der Waals surface area contributed by atoms with Crippen LogP contribution in [-0.4, -0.2) is 45.3 Å². The van der Waals surface area contributed by atoms with Gasteiger partial charge in [0.2, 0.25) is 0 Å². The molecule has 1 unspecified atom stereocenters. The molecule has 1 fully saturated rings. The largest absolute Gasteiger partial charge is 0.508 e. The summed E-state index contributed by atoms with van der Waals surface area (Å²) in [5, 5.41) is 9.69. The lowest BCUT2D eigenvalue weighted by Gasteiger charge is -2.36. The summed E-state index contributed by atoms with van der Waals surface area (Å²) in [4.78, 5) is 2.11. The molecule has 0 radical (unpaired) electrons.